The molecule has 0 saturated carbocycles. The van der Waals surface area contributed by atoms with Crippen molar-refractivity contribution in [3.05, 3.63) is 11.8 Å². The number of aromatic hydroxyl groups is 1. The van der Waals surface area contributed by atoms with Crippen molar-refractivity contribution in [2.75, 3.05) is 0 Å². The predicted octanol–water partition coefficient (Wildman–Crippen LogP) is 1.40. The first-order valence-electron chi connectivity index (χ1n) is 2.23. The molecule has 1 aromatic heterocycles. The van der Waals surface area contributed by atoms with Gasteiger partial charge in [0.05, 0.1) is 6.07 Å². The Balaban J connectivity index is 2.96. The van der Waals surface area contributed by atoms with E-state index in [2.05, 4.69) is 9.68 Å². The summed E-state index contributed by atoms with van der Waals surface area (Å²) in [5.74, 6) is -0.840. The molecule has 0 saturated heterocycles. The van der Waals surface area contributed by atoms with E-state index in [1.54, 1.807) is 0 Å². The fourth-order valence-electron chi connectivity index (χ4n) is 0.399. The van der Waals surface area contributed by atoms with Crippen molar-refractivity contribution in [1.82, 2.24) is 5.16 Å². The van der Waals surface area contributed by atoms with Crippen molar-refractivity contribution in [3.8, 4) is 5.95 Å². The molecule has 56 valence electrons. The summed E-state index contributed by atoms with van der Waals surface area (Å²) in [5, 5.41) is 10.8. The Bertz CT molecular complexity index is 229. The summed E-state index contributed by atoms with van der Waals surface area (Å²) in [5.41, 5.74) is -1.23. The molecule has 0 aliphatic carbocycles. The van der Waals surface area contributed by atoms with E-state index in [-0.39, 0.29) is 0 Å². The van der Waals surface area contributed by atoms with E-state index in [0.29, 0.717) is 6.07 Å². The van der Waals surface area contributed by atoms with Crippen LogP contribution < -0.4 is 0 Å². The van der Waals surface area contributed by atoms with E-state index in [4.69, 9.17) is 5.11 Å². The molecule has 6 heteroatoms. The number of hydrogen-bond acceptors (Lipinski definition) is 3. The van der Waals surface area contributed by atoms with Gasteiger partial charge >= 0.3 is 12.1 Å². The minimum absolute atomic E-state index is 0.403. The van der Waals surface area contributed by atoms with Crippen molar-refractivity contribution in [2.45, 2.75) is 6.18 Å². The highest BCUT2D eigenvalue weighted by Gasteiger charge is 2.34. The second kappa shape index (κ2) is 1.89. The van der Waals surface area contributed by atoms with E-state index in [1.165, 1.54) is 0 Å². The third kappa shape index (κ3) is 1.20. The molecule has 0 radical (unpaired) electrons. The molecule has 0 atom stereocenters. The van der Waals surface area contributed by atoms with Crippen LogP contribution in [0.25, 0.3) is 0 Å². The van der Waals surface area contributed by atoms with Crippen molar-refractivity contribution >= 4 is 0 Å². The van der Waals surface area contributed by atoms with Crippen LogP contribution >= 0.6 is 0 Å². The number of alkyl halides is 3. The lowest BCUT2D eigenvalue weighted by Crippen LogP contribution is -2.04. The van der Waals surface area contributed by atoms with Crippen molar-refractivity contribution < 1.29 is 22.8 Å². The molecule has 0 bridgehead atoms. The highest BCUT2D eigenvalue weighted by molar-refractivity contribution is 5.10. The van der Waals surface area contributed by atoms with Gasteiger partial charge in [-0.1, -0.05) is 5.16 Å². The topological polar surface area (TPSA) is 46.3 Å². The van der Waals surface area contributed by atoms with Crippen LogP contribution in [0.3, 0.4) is 0 Å². The van der Waals surface area contributed by atoms with Gasteiger partial charge < -0.3 is 9.63 Å². The fraction of sp³-hybridized carbons (Fsp3) is 0.250. The highest BCUT2D eigenvalue weighted by Crippen LogP contribution is 2.29. The normalized spacial score (nSPS) is 11.9. The summed E-state index contributed by atoms with van der Waals surface area (Å²) < 4.78 is 38.5. The summed E-state index contributed by atoms with van der Waals surface area (Å²) >= 11 is 0. The fourth-order valence-corrected chi connectivity index (χ4v) is 0.399. The third-order valence-corrected chi connectivity index (χ3v) is 0.788. The first kappa shape index (κ1) is 6.91. The molecule has 0 amide bonds. The average Bonchev–Trinajstić information content (AvgIpc) is 2.11. The standard InChI is InChI=1S/C4H2F3NO2/c5-4(6,7)2-1-3(9)10-8-2/h1,9H. The summed E-state index contributed by atoms with van der Waals surface area (Å²) in [4.78, 5) is 0. The molecule has 10 heavy (non-hydrogen) atoms. The Morgan fingerprint density at radius 2 is 2.10 bits per heavy atom. The quantitative estimate of drug-likeness (QED) is 0.612. The molecular formula is C4H2F3NO2. The second-order valence-corrected chi connectivity index (χ2v) is 1.55. The van der Waals surface area contributed by atoms with Gasteiger partial charge in [0.25, 0.3) is 0 Å². The van der Waals surface area contributed by atoms with E-state index >= 15 is 0 Å². The zero-order chi connectivity index (χ0) is 7.78. The molecule has 0 unspecified atom stereocenters. The molecule has 0 fully saturated rings. The van der Waals surface area contributed by atoms with Gasteiger partial charge in [0, 0.05) is 0 Å². The van der Waals surface area contributed by atoms with E-state index < -0.39 is 17.8 Å². The molecule has 1 aromatic rings. The molecule has 1 rings (SSSR count). The van der Waals surface area contributed by atoms with Crippen LogP contribution in [0.15, 0.2) is 10.6 Å². The zero-order valence-corrected chi connectivity index (χ0v) is 4.51. The Kier molecular flexibility index (Phi) is 1.31. The van der Waals surface area contributed by atoms with Crippen molar-refractivity contribution in [1.29, 1.82) is 0 Å². The lowest BCUT2D eigenvalue weighted by molar-refractivity contribution is -0.142. The Labute approximate surface area is 53.1 Å². The average molecular weight is 153 g/mol. The molecule has 0 spiro atoms. The minimum atomic E-state index is -4.55. The van der Waals surface area contributed by atoms with Crippen molar-refractivity contribution in [3.63, 3.8) is 0 Å². The Morgan fingerprint density at radius 3 is 2.30 bits per heavy atom. The van der Waals surface area contributed by atoms with Gasteiger partial charge in [-0.3, -0.25) is 0 Å². The molecule has 0 aliphatic rings. The summed E-state index contributed by atoms with van der Waals surface area (Å²) in [6.45, 7) is 0. The number of aromatic nitrogens is 1. The van der Waals surface area contributed by atoms with Gasteiger partial charge in [-0.05, 0) is 0 Å². The zero-order valence-electron chi connectivity index (χ0n) is 4.51. The summed E-state index contributed by atoms with van der Waals surface area (Å²) in [6.07, 6.45) is -4.55. The largest absolute Gasteiger partial charge is 0.479 e. The number of hydrogen-bond donors (Lipinski definition) is 1. The highest BCUT2D eigenvalue weighted by atomic mass is 19.4. The van der Waals surface area contributed by atoms with Gasteiger partial charge in [-0.2, -0.15) is 13.2 Å². The van der Waals surface area contributed by atoms with Crippen molar-refractivity contribution in [2.24, 2.45) is 0 Å². The molecular weight excluding hydrogens is 151 g/mol. The second-order valence-electron chi connectivity index (χ2n) is 1.55. The first-order valence-corrected chi connectivity index (χ1v) is 2.23. The smallest absolute Gasteiger partial charge is 0.436 e. The monoisotopic (exact) mass is 153 g/mol. The van der Waals surface area contributed by atoms with Crippen LogP contribution in [0.5, 0.6) is 5.95 Å². The van der Waals surface area contributed by atoms with Gasteiger partial charge in [0.2, 0.25) is 0 Å². The first-order chi connectivity index (χ1) is 4.50. The number of nitrogens with zero attached hydrogens (tertiary/aromatic N) is 1. The summed E-state index contributed by atoms with van der Waals surface area (Å²) in [7, 11) is 0. The van der Waals surface area contributed by atoms with Crippen LogP contribution in [-0.4, -0.2) is 10.3 Å². The summed E-state index contributed by atoms with van der Waals surface area (Å²) in [6, 6.07) is 0.403. The van der Waals surface area contributed by atoms with Crippen LogP contribution in [0.4, 0.5) is 13.2 Å². The van der Waals surface area contributed by atoms with E-state index in [9.17, 15) is 13.2 Å². The van der Waals surface area contributed by atoms with Crippen LogP contribution in [-0.2, 0) is 6.18 Å². The molecule has 0 aromatic carbocycles. The Hall–Kier alpha value is -1.20. The van der Waals surface area contributed by atoms with Gasteiger partial charge in [-0.15, -0.1) is 0 Å². The van der Waals surface area contributed by atoms with Crippen LogP contribution in [0.2, 0.25) is 0 Å². The molecule has 3 nitrogen and oxygen atoms in total. The maximum atomic E-state index is 11.6. The van der Waals surface area contributed by atoms with Gasteiger partial charge in [-0.25, -0.2) is 0 Å². The number of halogens is 3. The van der Waals surface area contributed by atoms with Crippen LogP contribution in [0, 0.1) is 0 Å². The maximum absolute atomic E-state index is 11.6. The minimum Gasteiger partial charge on any atom is -0.479 e. The van der Waals surface area contributed by atoms with Crippen LogP contribution in [0.1, 0.15) is 5.69 Å². The SMILES string of the molecule is Oc1cc(C(F)(F)F)no1. The molecule has 1 heterocycles. The van der Waals surface area contributed by atoms with E-state index in [0.717, 1.165) is 0 Å². The number of rotatable bonds is 0. The van der Waals surface area contributed by atoms with Gasteiger partial charge in [0.1, 0.15) is 0 Å². The molecule has 1 N–H and O–H groups in total. The lowest BCUT2D eigenvalue weighted by atomic mass is 10.4. The Morgan fingerprint density at radius 1 is 1.50 bits per heavy atom. The van der Waals surface area contributed by atoms with E-state index in [1.807, 2.05) is 0 Å². The predicted molar refractivity (Wildman–Crippen MR) is 23.2 cm³/mol. The lowest BCUT2D eigenvalue weighted by Gasteiger charge is -1.96. The third-order valence-electron chi connectivity index (χ3n) is 0.788. The maximum Gasteiger partial charge on any atom is 0.436 e. The molecule has 0 aliphatic heterocycles. The van der Waals surface area contributed by atoms with Gasteiger partial charge in [0.15, 0.2) is 5.69 Å².